The Bertz CT molecular complexity index is 915. The van der Waals surface area contributed by atoms with Crippen LogP contribution in [0.15, 0.2) is 29.2 Å². The van der Waals surface area contributed by atoms with Crippen molar-refractivity contribution in [2.45, 2.75) is 38.5 Å². The van der Waals surface area contributed by atoms with Crippen LogP contribution in [0.1, 0.15) is 40.7 Å². The van der Waals surface area contributed by atoms with E-state index < -0.39 is 16.0 Å². The summed E-state index contributed by atoms with van der Waals surface area (Å²) < 4.78 is 33.3. The van der Waals surface area contributed by atoms with E-state index in [1.54, 1.807) is 20.8 Å². The van der Waals surface area contributed by atoms with Gasteiger partial charge in [-0.25, -0.2) is 13.2 Å². The Morgan fingerprint density at radius 2 is 1.96 bits per heavy atom. The summed E-state index contributed by atoms with van der Waals surface area (Å²) in [5, 5.41) is 0. The van der Waals surface area contributed by atoms with E-state index in [4.69, 9.17) is 4.74 Å². The van der Waals surface area contributed by atoms with Gasteiger partial charge in [0.1, 0.15) is 10.5 Å². The van der Waals surface area contributed by atoms with Gasteiger partial charge in [-0.1, -0.05) is 18.2 Å². The predicted octanol–water partition coefficient (Wildman–Crippen LogP) is 2.95. The van der Waals surface area contributed by atoms with E-state index in [0.29, 0.717) is 23.6 Å². The molecule has 0 saturated carbocycles. The molecule has 0 saturated heterocycles. The maximum atomic E-state index is 13.4. The lowest BCUT2D eigenvalue weighted by atomic mass is 10.0. The third kappa shape index (κ3) is 2.93. The second-order valence-corrected chi connectivity index (χ2v) is 7.91. The van der Waals surface area contributed by atoms with Gasteiger partial charge in [0, 0.05) is 17.9 Å². The number of aryl methyl sites for hydroxylation is 3. The molecule has 6 nitrogen and oxygen atoms in total. The summed E-state index contributed by atoms with van der Waals surface area (Å²) in [5.74, 6) is -0.617. The fourth-order valence-corrected chi connectivity index (χ4v) is 5.35. The Hall–Kier alpha value is -2.28. The quantitative estimate of drug-likeness (QED) is 0.848. The van der Waals surface area contributed by atoms with E-state index in [1.807, 2.05) is 24.3 Å². The maximum absolute atomic E-state index is 13.4. The zero-order valence-electron chi connectivity index (χ0n) is 14.6. The number of nitrogens with one attached hydrogen (secondary N) is 1. The minimum absolute atomic E-state index is 0.0140. The molecule has 3 rings (SSSR count). The molecule has 1 aliphatic rings. The predicted molar refractivity (Wildman–Crippen MR) is 95.5 cm³/mol. The van der Waals surface area contributed by atoms with Crippen molar-refractivity contribution in [3.05, 3.63) is 46.8 Å². The molecule has 0 spiro atoms. The largest absolute Gasteiger partial charge is 0.462 e. The summed E-state index contributed by atoms with van der Waals surface area (Å²) in [6.45, 7) is 5.63. The fourth-order valence-electron chi connectivity index (χ4n) is 3.39. The Morgan fingerprint density at radius 3 is 2.68 bits per heavy atom. The van der Waals surface area contributed by atoms with Crippen LogP contribution < -0.4 is 4.31 Å². The molecule has 0 radical (unpaired) electrons. The number of nitrogens with zero attached hydrogens (tertiary/aromatic N) is 1. The molecular formula is C18H22N2O4S. The molecule has 1 aliphatic heterocycles. The molecule has 0 atom stereocenters. The Labute approximate surface area is 147 Å². The molecule has 0 unspecified atom stereocenters. The number of fused-ring (bicyclic) bond motifs is 1. The first-order chi connectivity index (χ1) is 11.9. The normalized spacial score (nSPS) is 14.3. The third-order valence-electron chi connectivity index (χ3n) is 4.41. The molecule has 2 heterocycles. The van der Waals surface area contributed by atoms with Gasteiger partial charge in [0.2, 0.25) is 0 Å². The summed E-state index contributed by atoms with van der Waals surface area (Å²) in [7, 11) is -3.88. The first kappa shape index (κ1) is 17.5. The smallest absolute Gasteiger partial charge is 0.341 e. The van der Waals surface area contributed by atoms with E-state index in [2.05, 4.69) is 4.98 Å². The van der Waals surface area contributed by atoms with Crippen molar-refractivity contribution in [3.8, 4) is 0 Å². The number of para-hydroxylation sites is 1. The van der Waals surface area contributed by atoms with Crippen molar-refractivity contribution >= 4 is 21.7 Å². The molecule has 1 aromatic carbocycles. The molecule has 0 amide bonds. The molecule has 1 aromatic heterocycles. The van der Waals surface area contributed by atoms with E-state index in [9.17, 15) is 13.2 Å². The molecule has 7 heteroatoms. The number of benzene rings is 1. The van der Waals surface area contributed by atoms with Crippen LogP contribution in [0.2, 0.25) is 0 Å². The molecule has 1 N–H and O–H groups in total. The second kappa shape index (κ2) is 6.55. The highest BCUT2D eigenvalue weighted by atomic mass is 32.2. The minimum atomic E-state index is -3.88. The number of carbonyl (C=O) groups excluding carboxylic acids is 1. The number of sulfonamides is 1. The number of H-pyrrole nitrogens is 1. The molecular weight excluding hydrogens is 340 g/mol. The number of hydrogen-bond donors (Lipinski definition) is 1. The summed E-state index contributed by atoms with van der Waals surface area (Å²) in [6, 6.07) is 7.49. The number of aromatic nitrogens is 1. The number of esters is 1. The van der Waals surface area contributed by atoms with Crippen LogP contribution in [0.25, 0.3) is 0 Å². The number of hydrogen-bond acceptors (Lipinski definition) is 4. The van der Waals surface area contributed by atoms with Crippen molar-refractivity contribution in [2.75, 3.05) is 17.5 Å². The van der Waals surface area contributed by atoms with E-state index in [-0.39, 0.29) is 17.1 Å². The Balaban J connectivity index is 2.16. The molecule has 0 fully saturated rings. The van der Waals surface area contributed by atoms with Gasteiger partial charge in [-0.05, 0) is 45.2 Å². The summed E-state index contributed by atoms with van der Waals surface area (Å²) in [4.78, 5) is 15.3. The average molecular weight is 362 g/mol. The summed E-state index contributed by atoms with van der Waals surface area (Å²) >= 11 is 0. The van der Waals surface area contributed by atoms with Gasteiger partial charge in [-0.2, -0.15) is 0 Å². The molecule has 134 valence electrons. The van der Waals surface area contributed by atoms with Gasteiger partial charge in [-0.3, -0.25) is 4.31 Å². The first-order valence-corrected chi connectivity index (χ1v) is 9.78. The van der Waals surface area contributed by atoms with Crippen LogP contribution in [-0.4, -0.2) is 32.5 Å². The van der Waals surface area contributed by atoms with Crippen LogP contribution in [0, 0.1) is 13.8 Å². The van der Waals surface area contributed by atoms with E-state index in [1.165, 1.54) is 4.31 Å². The van der Waals surface area contributed by atoms with Crippen LogP contribution in [0.3, 0.4) is 0 Å². The van der Waals surface area contributed by atoms with Gasteiger partial charge >= 0.3 is 5.97 Å². The number of carbonyl (C=O) groups is 1. The lowest BCUT2D eigenvalue weighted by molar-refractivity contribution is 0.0521. The topological polar surface area (TPSA) is 79.5 Å². The van der Waals surface area contributed by atoms with E-state index >= 15 is 0 Å². The van der Waals surface area contributed by atoms with Crippen molar-refractivity contribution in [3.63, 3.8) is 0 Å². The van der Waals surface area contributed by atoms with Crippen molar-refractivity contribution < 1.29 is 17.9 Å². The highest BCUT2D eigenvalue weighted by molar-refractivity contribution is 7.93. The summed E-state index contributed by atoms with van der Waals surface area (Å²) in [6.07, 6.45) is 1.59. The standard InChI is InChI=1S/C18H22N2O4S/c1-4-24-18(21)16-12(2)19-13(3)17(16)25(22,23)20-11-7-9-14-8-5-6-10-15(14)20/h5-6,8,10,19H,4,7,9,11H2,1-3H3. The molecule has 25 heavy (non-hydrogen) atoms. The maximum Gasteiger partial charge on any atom is 0.341 e. The highest BCUT2D eigenvalue weighted by Crippen LogP contribution is 2.35. The summed E-state index contributed by atoms with van der Waals surface area (Å²) in [5.41, 5.74) is 2.73. The lowest BCUT2D eigenvalue weighted by Crippen LogP contribution is -2.36. The lowest BCUT2D eigenvalue weighted by Gasteiger charge is -2.30. The van der Waals surface area contributed by atoms with Crippen LogP contribution in [0.4, 0.5) is 5.69 Å². The van der Waals surface area contributed by atoms with Crippen LogP contribution >= 0.6 is 0 Å². The molecule has 2 aromatic rings. The monoisotopic (exact) mass is 362 g/mol. The second-order valence-electron chi connectivity index (χ2n) is 6.11. The average Bonchev–Trinajstić information content (AvgIpc) is 2.89. The van der Waals surface area contributed by atoms with Gasteiger partial charge in [0.15, 0.2) is 0 Å². The SMILES string of the molecule is CCOC(=O)c1c(C)[nH]c(C)c1S(=O)(=O)N1CCCc2ccccc21. The molecule has 0 aliphatic carbocycles. The van der Waals surface area contributed by atoms with Gasteiger partial charge in [0.25, 0.3) is 10.0 Å². The van der Waals surface area contributed by atoms with Crippen molar-refractivity contribution in [2.24, 2.45) is 0 Å². The zero-order valence-corrected chi connectivity index (χ0v) is 15.4. The van der Waals surface area contributed by atoms with Crippen molar-refractivity contribution in [1.82, 2.24) is 4.98 Å². The van der Waals surface area contributed by atoms with E-state index in [0.717, 1.165) is 18.4 Å². The Morgan fingerprint density at radius 1 is 1.24 bits per heavy atom. The number of aromatic amines is 1. The first-order valence-electron chi connectivity index (χ1n) is 8.34. The molecule has 0 bridgehead atoms. The van der Waals surface area contributed by atoms with Crippen molar-refractivity contribution in [1.29, 1.82) is 0 Å². The van der Waals surface area contributed by atoms with Gasteiger partial charge in [0.05, 0.1) is 12.3 Å². The van der Waals surface area contributed by atoms with Crippen LogP contribution in [-0.2, 0) is 21.2 Å². The number of ether oxygens (including phenoxy) is 1. The third-order valence-corrected chi connectivity index (χ3v) is 6.40. The minimum Gasteiger partial charge on any atom is -0.462 e. The Kier molecular flexibility index (Phi) is 4.60. The van der Waals surface area contributed by atoms with Gasteiger partial charge < -0.3 is 9.72 Å². The fraction of sp³-hybridized carbons (Fsp3) is 0.389. The van der Waals surface area contributed by atoms with Gasteiger partial charge in [-0.15, -0.1) is 0 Å². The highest BCUT2D eigenvalue weighted by Gasteiger charge is 2.36. The zero-order chi connectivity index (χ0) is 18.2. The van der Waals surface area contributed by atoms with Crippen LogP contribution in [0.5, 0.6) is 0 Å². The number of anilines is 1. The number of rotatable bonds is 4.